The van der Waals surface area contributed by atoms with Crippen molar-refractivity contribution in [2.45, 2.75) is 25.9 Å². The van der Waals surface area contributed by atoms with Crippen molar-refractivity contribution in [2.75, 3.05) is 47.0 Å². The van der Waals surface area contributed by atoms with Crippen LogP contribution in [0, 0.1) is 0 Å². The molecule has 1 atom stereocenters. The number of rotatable bonds is 8. The van der Waals surface area contributed by atoms with Gasteiger partial charge in [0.15, 0.2) is 5.96 Å². The predicted molar refractivity (Wildman–Crippen MR) is 118 cm³/mol. The van der Waals surface area contributed by atoms with E-state index in [4.69, 9.17) is 9.47 Å². The summed E-state index contributed by atoms with van der Waals surface area (Å²) in [7, 11) is 3.49. The average molecular weight is 418 g/mol. The standard InChI is InChI=1S/C21H31N5O2S/c1-4-20-25-17(15-29-20)13-23-21(22-2)24-14-19(26-9-11-28-12-10-26)16-5-7-18(27-3)8-6-16/h5-8,15,19H,4,9-14H2,1-3H3,(H2,22,23,24). The van der Waals surface area contributed by atoms with E-state index >= 15 is 0 Å². The van der Waals surface area contributed by atoms with Crippen molar-refractivity contribution in [2.24, 2.45) is 4.99 Å². The first-order valence-electron chi connectivity index (χ1n) is 10.1. The highest BCUT2D eigenvalue weighted by Gasteiger charge is 2.23. The van der Waals surface area contributed by atoms with E-state index in [1.54, 1.807) is 25.5 Å². The maximum Gasteiger partial charge on any atom is 0.191 e. The van der Waals surface area contributed by atoms with Crippen LogP contribution >= 0.6 is 11.3 Å². The van der Waals surface area contributed by atoms with Crippen LogP contribution in [-0.2, 0) is 17.7 Å². The number of aromatic nitrogens is 1. The molecule has 1 aliphatic rings. The van der Waals surface area contributed by atoms with E-state index < -0.39 is 0 Å². The molecule has 0 radical (unpaired) electrons. The zero-order valence-electron chi connectivity index (χ0n) is 17.5. The molecule has 158 valence electrons. The van der Waals surface area contributed by atoms with Crippen LogP contribution in [0.15, 0.2) is 34.6 Å². The third-order valence-electron chi connectivity index (χ3n) is 5.01. The number of nitrogens with zero attached hydrogens (tertiary/aromatic N) is 3. The van der Waals surface area contributed by atoms with Gasteiger partial charge in [-0.1, -0.05) is 19.1 Å². The summed E-state index contributed by atoms with van der Waals surface area (Å²) in [4.78, 5) is 11.4. The largest absolute Gasteiger partial charge is 0.497 e. The van der Waals surface area contributed by atoms with Crippen LogP contribution < -0.4 is 15.4 Å². The molecule has 0 saturated carbocycles. The number of guanidine groups is 1. The van der Waals surface area contributed by atoms with E-state index in [0.29, 0.717) is 6.54 Å². The van der Waals surface area contributed by atoms with Crippen LogP contribution in [0.2, 0.25) is 0 Å². The summed E-state index contributed by atoms with van der Waals surface area (Å²) >= 11 is 1.71. The summed E-state index contributed by atoms with van der Waals surface area (Å²) in [5.41, 5.74) is 2.30. The van der Waals surface area contributed by atoms with E-state index in [1.165, 1.54) is 5.56 Å². The van der Waals surface area contributed by atoms with Crippen molar-refractivity contribution in [1.82, 2.24) is 20.5 Å². The smallest absolute Gasteiger partial charge is 0.191 e. The first-order chi connectivity index (χ1) is 14.2. The lowest BCUT2D eigenvalue weighted by atomic mass is 10.0. The Morgan fingerprint density at radius 3 is 2.66 bits per heavy atom. The summed E-state index contributed by atoms with van der Waals surface area (Å²) in [6.07, 6.45) is 0.973. The summed E-state index contributed by atoms with van der Waals surface area (Å²) in [6.45, 7) is 6.92. The van der Waals surface area contributed by atoms with E-state index in [0.717, 1.165) is 61.7 Å². The molecule has 8 heteroatoms. The highest BCUT2D eigenvalue weighted by atomic mass is 32.1. The molecule has 1 saturated heterocycles. The lowest BCUT2D eigenvalue weighted by Crippen LogP contribution is -2.46. The molecule has 0 spiro atoms. The fourth-order valence-corrected chi connectivity index (χ4v) is 4.10. The number of aryl methyl sites for hydroxylation is 1. The average Bonchev–Trinajstić information content (AvgIpc) is 3.25. The van der Waals surface area contributed by atoms with Crippen LogP contribution in [-0.4, -0.2) is 62.8 Å². The van der Waals surface area contributed by atoms with E-state index in [2.05, 4.69) is 49.9 Å². The molecule has 3 rings (SSSR count). The van der Waals surface area contributed by atoms with Crippen LogP contribution in [0.4, 0.5) is 0 Å². The minimum atomic E-state index is 0.231. The molecule has 1 aliphatic heterocycles. The summed E-state index contributed by atoms with van der Waals surface area (Å²) < 4.78 is 10.9. The lowest BCUT2D eigenvalue weighted by Gasteiger charge is -2.35. The van der Waals surface area contributed by atoms with E-state index in [1.807, 2.05) is 12.1 Å². The fourth-order valence-electron chi connectivity index (χ4n) is 3.35. The summed E-state index contributed by atoms with van der Waals surface area (Å²) in [5, 5.41) is 10.1. The van der Waals surface area contributed by atoms with Crippen LogP contribution in [0.25, 0.3) is 0 Å². The van der Waals surface area contributed by atoms with Crippen LogP contribution in [0.1, 0.15) is 29.2 Å². The Labute approximate surface area is 177 Å². The maximum atomic E-state index is 5.54. The van der Waals surface area contributed by atoms with Crippen molar-refractivity contribution in [3.05, 3.63) is 45.9 Å². The van der Waals surface area contributed by atoms with Crippen molar-refractivity contribution in [3.63, 3.8) is 0 Å². The van der Waals surface area contributed by atoms with Gasteiger partial charge in [-0.3, -0.25) is 9.89 Å². The topological polar surface area (TPSA) is 71.0 Å². The highest BCUT2D eigenvalue weighted by molar-refractivity contribution is 7.09. The van der Waals surface area contributed by atoms with Gasteiger partial charge in [0.2, 0.25) is 0 Å². The second-order valence-corrected chi connectivity index (χ2v) is 7.77. The number of hydrogen-bond acceptors (Lipinski definition) is 6. The molecule has 0 amide bonds. The molecule has 1 unspecified atom stereocenters. The molecule has 2 heterocycles. The van der Waals surface area contributed by atoms with Gasteiger partial charge in [-0.25, -0.2) is 4.98 Å². The molecule has 1 fully saturated rings. The van der Waals surface area contributed by atoms with Gasteiger partial charge >= 0.3 is 0 Å². The van der Waals surface area contributed by atoms with Crippen molar-refractivity contribution < 1.29 is 9.47 Å². The Morgan fingerprint density at radius 1 is 1.28 bits per heavy atom. The Bertz CT molecular complexity index is 772. The van der Waals surface area contributed by atoms with Gasteiger partial charge in [-0.2, -0.15) is 0 Å². The SMILES string of the molecule is CCc1nc(CNC(=NC)NCC(c2ccc(OC)cc2)N2CCOCC2)cs1. The molecule has 7 nitrogen and oxygen atoms in total. The number of hydrogen-bond donors (Lipinski definition) is 2. The Balaban J connectivity index is 1.62. The second-order valence-electron chi connectivity index (χ2n) is 6.83. The molecule has 29 heavy (non-hydrogen) atoms. The number of nitrogens with one attached hydrogen (secondary N) is 2. The number of benzene rings is 1. The normalized spacial score (nSPS) is 16.4. The first kappa shape index (κ1) is 21.5. The lowest BCUT2D eigenvalue weighted by molar-refractivity contribution is 0.0170. The molecule has 2 aromatic rings. The molecule has 2 N–H and O–H groups in total. The Morgan fingerprint density at radius 2 is 2.03 bits per heavy atom. The van der Waals surface area contributed by atoms with E-state index in [-0.39, 0.29) is 6.04 Å². The molecule has 0 aliphatic carbocycles. The molecule has 0 bridgehead atoms. The predicted octanol–water partition coefficient (Wildman–Crippen LogP) is 2.45. The zero-order chi connectivity index (χ0) is 20.5. The van der Waals surface area contributed by atoms with Gasteiger partial charge in [-0.15, -0.1) is 11.3 Å². The number of aliphatic imine (C=N–C) groups is 1. The second kappa shape index (κ2) is 11.1. The van der Waals surface area contributed by atoms with Crippen LogP contribution in [0.5, 0.6) is 5.75 Å². The number of thiazole rings is 1. The van der Waals surface area contributed by atoms with Crippen molar-refractivity contribution in [3.8, 4) is 5.75 Å². The molecular formula is C21H31N5O2S. The van der Waals surface area contributed by atoms with Gasteiger partial charge in [0.05, 0.1) is 43.6 Å². The Kier molecular flexibility index (Phi) is 8.27. The minimum absolute atomic E-state index is 0.231. The minimum Gasteiger partial charge on any atom is -0.497 e. The highest BCUT2D eigenvalue weighted by Crippen LogP contribution is 2.23. The maximum absolute atomic E-state index is 5.54. The van der Waals surface area contributed by atoms with Gasteiger partial charge in [0.25, 0.3) is 0 Å². The monoisotopic (exact) mass is 417 g/mol. The zero-order valence-corrected chi connectivity index (χ0v) is 18.3. The molecular weight excluding hydrogens is 386 g/mol. The van der Waals surface area contributed by atoms with Gasteiger partial charge in [0.1, 0.15) is 5.75 Å². The van der Waals surface area contributed by atoms with Crippen molar-refractivity contribution >= 4 is 17.3 Å². The van der Waals surface area contributed by atoms with Gasteiger partial charge in [-0.05, 0) is 24.1 Å². The Hall–Kier alpha value is -2.16. The summed E-state index contributed by atoms with van der Waals surface area (Å²) in [6, 6.07) is 8.54. The fraction of sp³-hybridized carbons (Fsp3) is 0.524. The van der Waals surface area contributed by atoms with Crippen LogP contribution in [0.3, 0.4) is 0 Å². The van der Waals surface area contributed by atoms with E-state index in [9.17, 15) is 0 Å². The number of methoxy groups -OCH3 is 1. The first-order valence-corrected chi connectivity index (χ1v) is 10.9. The third kappa shape index (κ3) is 6.16. The third-order valence-corrected chi connectivity index (χ3v) is 6.05. The molecule has 1 aromatic carbocycles. The van der Waals surface area contributed by atoms with Crippen molar-refractivity contribution in [1.29, 1.82) is 0 Å². The van der Waals surface area contributed by atoms with Gasteiger partial charge in [0, 0.05) is 32.1 Å². The number of morpholine rings is 1. The quantitative estimate of drug-likeness (QED) is 0.508. The summed E-state index contributed by atoms with van der Waals surface area (Å²) in [5.74, 6) is 1.65. The number of ether oxygens (including phenoxy) is 2. The molecule has 1 aromatic heterocycles. The van der Waals surface area contributed by atoms with Gasteiger partial charge < -0.3 is 20.1 Å².